The van der Waals surface area contributed by atoms with Crippen molar-refractivity contribution < 1.29 is 68.9 Å². The van der Waals surface area contributed by atoms with Crippen LogP contribution in [0.4, 0.5) is 26.3 Å². The van der Waals surface area contributed by atoms with Crippen LogP contribution in [0.3, 0.4) is 0 Å². The van der Waals surface area contributed by atoms with Gasteiger partial charge in [0.1, 0.15) is 11.5 Å². The fraction of sp³-hybridized carbons (Fsp3) is 0.250. The molecule has 1 radical (unpaired) electrons. The van der Waals surface area contributed by atoms with Crippen LogP contribution in [0.15, 0.2) is 48.5 Å². The molecule has 0 amide bonds. The van der Waals surface area contributed by atoms with Crippen LogP contribution in [0.25, 0.3) is 0 Å². The average molecular weight is 439 g/mol. The van der Waals surface area contributed by atoms with E-state index in [1.807, 2.05) is 0 Å². The van der Waals surface area contributed by atoms with Crippen molar-refractivity contribution in [1.29, 1.82) is 0 Å². The van der Waals surface area contributed by atoms with Crippen LogP contribution in [0, 0.1) is 0 Å². The van der Waals surface area contributed by atoms with Crippen LogP contribution in [0.2, 0.25) is 0 Å². The Labute approximate surface area is 164 Å². The van der Waals surface area contributed by atoms with E-state index in [0.29, 0.717) is 12.1 Å². The molecule has 2 nitrogen and oxygen atoms in total. The molecule has 2 aromatic rings. The number of halogens is 6. The number of hydrogen-bond acceptors (Lipinski definition) is 2. The predicted molar refractivity (Wildman–Crippen MR) is 74.0 cm³/mol. The summed E-state index contributed by atoms with van der Waals surface area (Å²) in [7, 11) is 1.25. The molecule has 1 N–H and O–H groups in total. The molecule has 0 aliphatic carbocycles. The van der Waals surface area contributed by atoms with E-state index in [4.69, 9.17) is 4.74 Å². The Kier molecular flexibility index (Phi) is 6.56. The van der Waals surface area contributed by atoms with Crippen LogP contribution in [0.5, 0.6) is 11.5 Å². The fourth-order valence-corrected chi connectivity index (χ4v) is 2.53. The van der Waals surface area contributed by atoms with E-state index in [-0.39, 0.29) is 38.5 Å². The minimum atomic E-state index is -5.66. The minimum absolute atomic E-state index is 0. The zero-order chi connectivity index (χ0) is 18.2. The van der Waals surface area contributed by atoms with Gasteiger partial charge >= 0.3 is 12.4 Å². The number of rotatable bonds is 3. The Morgan fingerprint density at radius 3 is 1.40 bits per heavy atom. The van der Waals surface area contributed by atoms with Gasteiger partial charge < -0.3 is 9.84 Å². The molecule has 0 aromatic heterocycles. The second-order valence-electron chi connectivity index (χ2n) is 5.02. The van der Waals surface area contributed by atoms with Crippen LogP contribution < -0.4 is 4.74 Å². The Hall–Kier alpha value is -1.28. The maximum atomic E-state index is 13.7. The molecular formula is C16H12F6O2Y. The summed E-state index contributed by atoms with van der Waals surface area (Å²) in [4.78, 5) is 0. The molecule has 0 heterocycles. The molecule has 0 aliphatic heterocycles. The van der Waals surface area contributed by atoms with Gasteiger partial charge in [0.05, 0.1) is 7.11 Å². The first-order valence-corrected chi connectivity index (χ1v) is 6.61. The van der Waals surface area contributed by atoms with E-state index in [1.54, 1.807) is 0 Å². The van der Waals surface area contributed by atoms with Gasteiger partial charge in [-0.1, -0.05) is 24.3 Å². The summed E-state index contributed by atoms with van der Waals surface area (Å²) >= 11 is 0. The van der Waals surface area contributed by atoms with Crippen LogP contribution in [-0.2, 0) is 38.1 Å². The van der Waals surface area contributed by atoms with Crippen LogP contribution >= 0.6 is 0 Å². The molecule has 0 atom stereocenters. The third-order valence-electron chi connectivity index (χ3n) is 3.67. The second-order valence-corrected chi connectivity index (χ2v) is 5.02. The molecule has 133 valence electrons. The van der Waals surface area contributed by atoms with Gasteiger partial charge in [-0.05, 0) is 35.4 Å². The monoisotopic (exact) mass is 439 g/mol. The molecule has 0 spiro atoms. The molecule has 2 rings (SSSR count). The molecule has 25 heavy (non-hydrogen) atoms. The Morgan fingerprint density at radius 1 is 0.720 bits per heavy atom. The van der Waals surface area contributed by atoms with Crippen molar-refractivity contribution in [2.45, 2.75) is 17.8 Å². The third-order valence-corrected chi connectivity index (χ3v) is 3.67. The molecule has 0 aliphatic rings. The van der Waals surface area contributed by atoms with E-state index in [2.05, 4.69) is 0 Å². The average Bonchev–Trinajstić information content (AvgIpc) is 2.47. The summed E-state index contributed by atoms with van der Waals surface area (Å²) in [6.07, 6.45) is -11.3. The van der Waals surface area contributed by atoms with Crippen molar-refractivity contribution in [3.8, 4) is 11.5 Å². The number of ether oxygens (including phenoxy) is 1. The third kappa shape index (κ3) is 3.79. The second kappa shape index (κ2) is 7.54. The SMILES string of the molecule is COc1ccc(C(c2ccc(O)cc2)(C(F)(F)F)C(F)(F)F)cc1.[Y]. The van der Waals surface area contributed by atoms with Gasteiger partial charge in [0.15, 0.2) is 0 Å². The van der Waals surface area contributed by atoms with Crippen molar-refractivity contribution >= 4 is 0 Å². The smallest absolute Gasteiger partial charge is 0.411 e. The van der Waals surface area contributed by atoms with Gasteiger partial charge in [-0.15, -0.1) is 0 Å². The Bertz CT molecular complexity index is 679. The largest absolute Gasteiger partial charge is 0.508 e. The number of alkyl halides is 6. The maximum Gasteiger partial charge on any atom is 0.411 e. The summed E-state index contributed by atoms with van der Waals surface area (Å²) in [5.41, 5.74) is -6.25. The fourth-order valence-electron chi connectivity index (χ4n) is 2.53. The molecule has 9 heteroatoms. The zero-order valence-corrected chi connectivity index (χ0v) is 15.7. The number of phenols is 1. The normalized spacial score (nSPS) is 12.4. The van der Waals surface area contributed by atoms with E-state index in [1.165, 1.54) is 7.11 Å². The van der Waals surface area contributed by atoms with Gasteiger partial charge in [-0.25, -0.2) is 0 Å². The molecular weight excluding hydrogens is 427 g/mol. The van der Waals surface area contributed by atoms with Gasteiger partial charge in [0.2, 0.25) is 5.41 Å². The zero-order valence-electron chi connectivity index (χ0n) is 12.8. The van der Waals surface area contributed by atoms with E-state index >= 15 is 0 Å². The summed E-state index contributed by atoms with van der Waals surface area (Å²) in [6, 6.07) is 6.31. The first kappa shape index (κ1) is 21.8. The van der Waals surface area contributed by atoms with E-state index in [0.717, 1.165) is 36.4 Å². The standard InChI is InChI=1S/C16H12F6O2.Y/c1-24-13-8-4-11(5-9-13)14(15(17,18)19,16(20,21)22)10-2-6-12(23)7-3-10;/h2-9,23H,1H3;. The Balaban J connectivity index is 0.00000312. The molecule has 2 aromatic carbocycles. The quantitative estimate of drug-likeness (QED) is 0.696. The summed E-state index contributed by atoms with van der Waals surface area (Å²) in [5, 5.41) is 9.19. The minimum Gasteiger partial charge on any atom is -0.508 e. The first-order chi connectivity index (χ1) is 11.0. The van der Waals surface area contributed by atoms with Crippen molar-refractivity contribution in [2.24, 2.45) is 0 Å². The number of hydrogen-bond donors (Lipinski definition) is 1. The van der Waals surface area contributed by atoms with Crippen molar-refractivity contribution in [3.05, 3.63) is 59.7 Å². The molecule has 0 saturated carbocycles. The molecule has 0 fully saturated rings. The number of methoxy groups -OCH3 is 1. The summed E-state index contributed by atoms with van der Waals surface area (Å²) in [5.74, 6) is -0.311. The molecule has 0 unspecified atom stereocenters. The van der Waals surface area contributed by atoms with Gasteiger partial charge in [-0.2, -0.15) is 26.3 Å². The molecule has 0 bridgehead atoms. The van der Waals surface area contributed by atoms with Gasteiger partial charge in [0, 0.05) is 32.7 Å². The van der Waals surface area contributed by atoms with Crippen LogP contribution in [0.1, 0.15) is 11.1 Å². The van der Waals surface area contributed by atoms with E-state index < -0.39 is 34.6 Å². The number of aromatic hydroxyl groups is 1. The van der Waals surface area contributed by atoms with Crippen LogP contribution in [-0.4, -0.2) is 24.6 Å². The first-order valence-electron chi connectivity index (χ1n) is 6.61. The van der Waals surface area contributed by atoms with Gasteiger partial charge in [0.25, 0.3) is 0 Å². The van der Waals surface area contributed by atoms with Crippen molar-refractivity contribution in [1.82, 2.24) is 0 Å². The predicted octanol–water partition coefficient (Wildman–Crippen LogP) is 4.81. The number of phenolic OH excluding ortho intramolecular Hbond substituents is 1. The van der Waals surface area contributed by atoms with Crippen molar-refractivity contribution in [3.63, 3.8) is 0 Å². The van der Waals surface area contributed by atoms with Crippen molar-refractivity contribution in [2.75, 3.05) is 7.11 Å². The Morgan fingerprint density at radius 2 is 1.08 bits per heavy atom. The van der Waals surface area contributed by atoms with Gasteiger partial charge in [-0.3, -0.25) is 0 Å². The maximum absolute atomic E-state index is 13.7. The summed E-state index contributed by atoms with van der Waals surface area (Å²) < 4.78 is 87.1. The molecule has 0 saturated heterocycles. The topological polar surface area (TPSA) is 29.5 Å². The van der Waals surface area contributed by atoms with E-state index in [9.17, 15) is 31.4 Å². The number of benzene rings is 2. The summed E-state index contributed by atoms with van der Waals surface area (Å²) in [6.45, 7) is 0.